The van der Waals surface area contributed by atoms with Crippen molar-refractivity contribution in [2.45, 2.75) is 43.6 Å². The summed E-state index contributed by atoms with van der Waals surface area (Å²) in [6.07, 6.45) is -1.54. The third-order valence-corrected chi connectivity index (χ3v) is 8.66. The largest absolute Gasteiger partial charge is 0.480 e. The Bertz CT molecular complexity index is 1870. The van der Waals surface area contributed by atoms with Crippen LogP contribution in [0, 0.1) is 11.6 Å². The lowest BCUT2D eigenvalue weighted by molar-refractivity contribution is -0.141. The van der Waals surface area contributed by atoms with E-state index in [0.717, 1.165) is 4.90 Å². The van der Waals surface area contributed by atoms with Gasteiger partial charge in [-0.25, -0.2) is 23.2 Å². The number of nitrogens with zero attached hydrogens (tertiary/aromatic N) is 2. The van der Waals surface area contributed by atoms with Gasteiger partial charge in [0.15, 0.2) is 5.78 Å². The van der Waals surface area contributed by atoms with Crippen LogP contribution in [0.25, 0.3) is 0 Å². The van der Waals surface area contributed by atoms with Gasteiger partial charge in [0.2, 0.25) is 0 Å². The number of rotatable bonds is 6. The summed E-state index contributed by atoms with van der Waals surface area (Å²) in [5, 5.41) is 34.7. The van der Waals surface area contributed by atoms with E-state index in [1.165, 1.54) is 29.2 Å². The quantitative estimate of drug-likeness (QED) is 0.128. The zero-order valence-electron chi connectivity index (χ0n) is 28.0. The molecule has 2 saturated heterocycles. The number of hydrogen-bond donors (Lipinski definition) is 6. The number of halogens is 4. The van der Waals surface area contributed by atoms with E-state index in [9.17, 15) is 38.2 Å². The molecule has 2 fully saturated rings. The molecule has 53 heavy (non-hydrogen) atoms. The second-order valence-electron chi connectivity index (χ2n) is 12.1. The lowest BCUT2D eigenvalue weighted by atomic mass is 10.0. The van der Waals surface area contributed by atoms with Crippen molar-refractivity contribution < 1.29 is 43.3 Å². The summed E-state index contributed by atoms with van der Waals surface area (Å²) in [5.74, 6) is -2.25. The number of para-hydroxylation sites is 1. The van der Waals surface area contributed by atoms with Crippen molar-refractivity contribution in [3.05, 3.63) is 124 Å². The number of carbonyl (C=O) groups excluding carboxylic acids is 3. The van der Waals surface area contributed by atoms with Crippen LogP contribution >= 0.6 is 23.2 Å². The van der Waals surface area contributed by atoms with Crippen molar-refractivity contribution in [2.75, 3.05) is 29.5 Å². The van der Waals surface area contributed by atoms with Crippen molar-refractivity contribution in [3.8, 4) is 0 Å². The van der Waals surface area contributed by atoms with Crippen LogP contribution < -0.4 is 16.4 Å². The third kappa shape index (κ3) is 11.9. The number of nitrogen functional groups attached to an aromatic ring is 1. The van der Waals surface area contributed by atoms with Crippen LogP contribution in [0.15, 0.2) is 97.1 Å². The number of carbonyl (C=O) groups is 4. The van der Waals surface area contributed by atoms with Crippen molar-refractivity contribution in [3.63, 3.8) is 0 Å². The highest BCUT2D eigenvalue weighted by atomic mass is 35.5. The van der Waals surface area contributed by atoms with Crippen LogP contribution in [-0.4, -0.2) is 86.3 Å². The van der Waals surface area contributed by atoms with Crippen LogP contribution in [0.4, 0.5) is 35.4 Å². The van der Waals surface area contributed by atoms with E-state index < -0.39 is 48.1 Å². The number of aliphatic carboxylic acids is 1. The molecule has 4 aromatic rings. The zero-order valence-corrected chi connectivity index (χ0v) is 29.6. The normalized spacial score (nSPS) is 18.9. The van der Waals surface area contributed by atoms with E-state index in [0.29, 0.717) is 21.4 Å². The summed E-state index contributed by atoms with van der Waals surface area (Å²) in [7, 11) is 0. The number of nitrogens with one attached hydrogen (secondary N) is 2. The highest BCUT2D eigenvalue weighted by molar-refractivity contribution is 6.31. The number of aliphatic hydroxyl groups excluding tert-OH is 2. The first kappa shape index (κ1) is 40.5. The number of carboxylic acids is 1. The Labute approximate surface area is 313 Å². The van der Waals surface area contributed by atoms with Gasteiger partial charge in [-0.05, 0) is 72.3 Å². The molecule has 12 nitrogen and oxygen atoms in total. The molecular formula is C37H37Cl2F2N5O7. The molecule has 6 rings (SSSR count). The Morgan fingerprint density at radius 2 is 1.11 bits per heavy atom. The van der Waals surface area contributed by atoms with Gasteiger partial charge < -0.3 is 41.5 Å². The van der Waals surface area contributed by atoms with Gasteiger partial charge in [0.25, 0.3) is 0 Å². The van der Waals surface area contributed by atoms with Crippen LogP contribution in [0.3, 0.4) is 0 Å². The van der Waals surface area contributed by atoms with Gasteiger partial charge >= 0.3 is 18.0 Å². The molecule has 4 atom stereocenters. The van der Waals surface area contributed by atoms with Crippen molar-refractivity contribution >= 4 is 64.1 Å². The fourth-order valence-electron chi connectivity index (χ4n) is 5.50. The molecule has 280 valence electrons. The molecule has 7 N–H and O–H groups in total. The van der Waals surface area contributed by atoms with E-state index in [1.807, 2.05) is 0 Å². The topological polar surface area (TPSA) is 186 Å². The average molecular weight is 773 g/mol. The minimum Gasteiger partial charge on any atom is -0.480 e. The number of hydrogen-bond acceptors (Lipinski definition) is 7. The number of anilines is 3. The minimum absolute atomic E-state index is 0.0103. The molecule has 2 heterocycles. The van der Waals surface area contributed by atoms with Crippen molar-refractivity contribution in [2.24, 2.45) is 0 Å². The molecule has 0 unspecified atom stereocenters. The molecular weight excluding hydrogens is 735 g/mol. The molecule has 0 radical (unpaired) electrons. The van der Waals surface area contributed by atoms with Gasteiger partial charge in [-0.3, -0.25) is 4.79 Å². The average Bonchev–Trinajstić information content (AvgIpc) is 3.73. The molecule has 0 aromatic heterocycles. The van der Waals surface area contributed by atoms with Crippen molar-refractivity contribution in [1.82, 2.24) is 9.80 Å². The van der Waals surface area contributed by atoms with Crippen LogP contribution in [0.5, 0.6) is 0 Å². The number of β-amino-alcohol motifs (C(OH)–C–C–N with tert-alkyl or cyclic N) is 2. The number of benzene rings is 4. The second-order valence-corrected chi connectivity index (χ2v) is 13.0. The molecule has 0 saturated carbocycles. The van der Waals surface area contributed by atoms with Crippen LogP contribution in [-0.2, 0) is 16.0 Å². The maximum absolute atomic E-state index is 13.8. The molecule has 0 bridgehead atoms. The number of Topliss-reactive ketones (excluding diaryl/α,β-unsaturated/α-hetero) is 1. The maximum atomic E-state index is 13.8. The first-order chi connectivity index (χ1) is 25.2. The maximum Gasteiger partial charge on any atom is 0.326 e. The van der Waals surface area contributed by atoms with E-state index in [4.69, 9.17) is 34.0 Å². The van der Waals surface area contributed by atoms with E-state index in [-0.39, 0.29) is 55.2 Å². The summed E-state index contributed by atoms with van der Waals surface area (Å²) in [5.41, 5.74) is 6.66. The number of ketones is 1. The summed E-state index contributed by atoms with van der Waals surface area (Å²) in [6.45, 7) is 0.0590. The molecule has 2 aliphatic rings. The van der Waals surface area contributed by atoms with Gasteiger partial charge in [-0.15, -0.1) is 0 Å². The molecule has 2 aliphatic heterocycles. The number of carboxylic acid groups (broad SMARTS) is 1. The highest BCUT2D eigenvalue weighted by Gasteiger charge is 2.40. The predicted octanol–water partition coefficient (Wildman–Crippen LogP) is 6.06. The molecule has 4 aromatic carbocycles. The summed E-state index contributed by atoms with van der Waals surface area (Å²) in [6, 6.07) is 22.4. The smallest absolute Gasteiger partial charge is 0.326 e. The zero-order chi connectivity index (χ0) is 38.7. The monoisotopic (exact) mass is 771 g/mol. The molecule has 16 heteroatoms. The minimum atomic E-state index is -1.12. The van der Waals surface area contributed by atoms with Crippen LogP contribution in [0.1, 0.15) is 18.4 Å². The van der Waals surface area contributed by atoms with Gasteiger partial charge in [0.05, 0.1) is 23.9 Å². The fourth-order valence-corrected chi connectivity index (χ4v) is 5.75. The number of amides is 4. The summed E-state index contributed by atoms with van der Waals surface area (Å²) in [4.78, 5) is 50.5. The Hall–Kier alpha value is -5.28. The number of aliphatic hydroxyl groups is 2. The van der Waals surface area contributed by atoms with E-state index in [1.54, 1.807) is 72.8 Å². The SMILES string of the molecule is Nc1ccccc1F.O=C(Cc1ccccc1F)[C@H]1C[C@@H](O)CN1C(=O)Nc1ccc(Cl)cc1.O=C(O)[C@H]1C[C@@H](O)CN1C(=O)Nc1ccc(Cl)cc1. The molecule has 0 aliphatic carbocycles. The number of urea groups is 2. The first-order valence-corrected chi connectivity index (χ1v) is 17.0. The van der Waals surface area contributed by atoms with E-state index in [2.05, 4.69) is 10.6 Å². The predicted molar refractivity (Wildman–Crippen MR) is 197 cm³/mol. The Morgan fingerprint density at radius 3 is 1.55 bits per heavy atom. The lowest BCUT2D eigenvalue weighted by Crippen LogP contribution is -2.43. The lowest BCUT2D eigenvalue weighted by Gasteiger charge is -2.24. The summed E-state index contributed by atoms with van der Waals surface area (Å²) >= 11 is 11.5. The van der Waals surface area contributed by atoms with Gasteiger partial charge in [0.1, 0.15) is 17.7 Å². The Balaban J connectivity index is 0.000000202. The first-order valence-electron chi connectivity index (χ1n) is 16.2. The second kappa shape index (κ2) is 19.0. The van der Waals surface area contributed by atoms with Crippen molar-refractivity contribution in [1.29, 1.82) is 0 Å². The number of likely N-dealkylation sites (tertiary alicyclic amines) is 2. The van der Waals surface area contributed by atoms with Crippen LogP contribution in [0.2, 0.25) is 10.0 Å². The van der Waals surface area contributed by atoms with Gasteiger partial charge in [-0.1, -0.05) is 53.5 Å². The third-order valence-electron chi connectivity index (χ3n) is 8.16. The highest BCUT2D eigenvalue weighted by Crippen LogP contribution is 2.24. The Kier molecular flexibility index (Phi) is 14.5. The van der Waals surface area contributed by atoms with E-state index >= 15 is 0 Å². The van der Waals surface area contributed by atoms with Gasteiger partial charge in [-0.2, -0.15) is 0 Å². The molecule has 0 spiro atoms. The number of nitrogens with two attached hydrogens (primary N) is 1. The fraction of sp³-hybridized carbons (Fsp3) is 0.243. The molecule has 4 amide bonds. The Morgan fingerprint density at radius 1 is 0.679 bits per heavy atom. The standard InChI is InChI=1S/C19H18ClFN2O3.C12H13ClN2O4.C6H6FN/c20-13-5-7-14(8-6-13)22-19(26)23-11-15(24)10-17(23)18(25)9-12-3-1-2-4-16(12)21;13-7-1-3-8(4-2-7)14-12(19)15-6-9(16)5-10(15)11(17)18;7-5-3-1-2-4-6(5)8/h1-8,15,17,24H,9-11H2,(H,22,26);1-4,9-10,16H,5-6H2,(H,14,19)(H,17,18);1-4H,8H2/t15-,17-;9-,10-;/m11./s1. The summed E-state index contributed by atoms with van der Waals surface area (Å²) < 4.78 is 26.0. The van der Waals surface area contributed by atoms with Gasteiger partial charge in [0, 0.05) is 53.8 Å².